The molecule has 0 aliphatic rings. The molecular weight excluding hydrogens is 184 g/mol. The molecule has 0 saturated heterocycles. The lowest BCUT2D eigenvalue weighted by Crippen LogP contribution is -1.89. The van der Waals surface area contributed by atoms with Gasteiger partial charge in [0.1, 0.15) is 0 Å². The summed E-state index contributed by atoms with van der Waals surface area (Å²) in [4.78, 5) is 2.98. The summed E-state index contributed by atoms with van der Waals surface area (Å²) >= 11 is 5.90. The van der Waals surface area contributed by atoms with Crippen LogP contribution in [-0.4, -0.2) is 4.98 Å². The first-order valence-electron chi connectivity index (χ1n) is 3.96. The van der Waals surface area contributed by atoms with E-state index in [2.05, 4.69) is 4.98 Å². The van der Waals surface area contributed by atoms with Gasteiger partial charge in [0.05, 0.1) is 10.7 Å². The van der Waals surface area contributed by atoms with E-state index in [4.69, 9.17) is 17.3 Å². The molecule has 2 rings (SSSR count). The highest BCUT2D eigenvalue weighted by Gasteiger charge is 2.04. The van der Waals surface area contributed by atoms with Crippen molar-refractivity contribution in [2.24, 2.45) is 0 Å². The van der Waals surface area contributed by atoms with Gasteiger partial charge in [-0.25, -0.2) is 0 Å². The third kappa shape index (κ3) is 1.40. The second kappa shape index (κ2) is 3.15. The molecule has 0 fully saturated rings. The molecule has 1 aromatic heterocycles. The number of nitrogen functional groups attached to an aromatic ring is 1. The molecule has 13 heavy (non-hydrogen) atoms. The lowest BCUT2D eigenvalue weighted by molar-refractivity contribution is 1.41. The molecule has 0 spiro atoms. The van der Waals surface area contributed by atoms with Gasteiger partial charge in [0.15, 0.2) is 0 Å². The van der Waals surface area contributed by atoms with Gasteiger partial charge in [-0.1, -0.05) is 23.7 Å². The Kier molecular flexibility index (Phi) is 1.99. The average Bonchev–Trinajstić information content (AvgIpc) is 2.62. The minimum atomic E-state index is 0.596. The van der Waals surface area contributed by atoms with Crippen LogP contribution in [0.5, 0.6) is 0 Å². The van der Waals surface area contributed by atoms with Gasteiger partial charge >= 0.3 is 0 Å². The van der Waals surface area contributed by atoms with E-state index < -0.39 is 0 Å². The van der Waals surface area contributed by atoms with E-state index in [1.165, 1.54) is 0 Å². The lowest BCUT2D eigenvalue weighted by atomic mass is 10.1. The molecule has 0 aliphatic carbocycles. The number of anilines is 1. The van der Waals surface area contributed by atoms with Crippen LogP contribution in [0.25, 0.3) is 11.1 Å². The molecule has 0 atom stereocenters. The minimum absolute atomic E-state index is 0.596. The van der Waals surface area contributed by atoms with Crippen molar-refractivity contribution in [2.45, 2.75) is 0 Å². The summed E-state index contributed by atoms with van der Waals surface area (Å²) in [6.07, 6.45) is 3.75. The van der Waals surface area contributed by atoms with Crippen LogP contribution in [0.3, 0.4) is 0 Å². The van der Waals surface area contributed by atoms with Gasteiger partial charge in [-0.2, -0.15) is 0 Å². The molecule has 0 amide bonds. The number of nitrogens with one attached hydrogen (secondary N) is 1. The highest BCUT2D eigenvalue weighted by atomic mass is 35.5. The topological polar surface area (TPSA) is 41.8 Å². The van der Waals surface area contributed by atoms with Crippen molar-refractivity contribution >= 4 is 17.3 Å². The number of aromatic nitrogens is 1. The molecule has 0 bridgehead atoms. The van der Waals surface area contributed by atoms with Crippen molar-refractivity contribution in [3.05, 3.63) is 41.7 Å². The maximum absolute atomic E-state index is 5.90. The summed E-state index contributed by atoms with van der Waals surface area (Å²) in [5, 5.41) is 0.596. The van der Waals surface area contributed by atoms with Crippen molar-refractivity contribution in [2.75, 3.05) is 5.73 Å². The van der Waals surface area contributed by atoms with Crippen LogP contribution in [0.2, 0.25) is 5.02 Å². The largest absolute Gasteiger partial charge is 0.397 e. The number of nitrogens with two attached hydrogens (primary N) is 1. The van der Waals surface area contributed by atoms with Crippen molar-refractivity contribution in [1.82, 2.24) is 4.98 Å². The molecule has 0 radical (unpaired) electrons. The van der Waals surface area contributed by atoms with Crippen LogP contribution in [0.4, 0.5) is 5.69 Å². The summed E-state index contributed by atoms with van der Waals surface area (Å²) in [7, 11) is 0. The zero-order valence-electron chi connectivity index (χ0n) is 6.92. The van der Waals surface area contributed by atoms with Gasteiger partial charge in [-0.05, 0) is 12.1 Å². The van der Waals surface area contributed by atoms with E-state index in [0.717, 1.165) is 11.1 Å². The monoisotopic (exact) mass is 192 g/mol. The Morgan fingerprint density at radius 3 is 2.77 bits per heavy atom. The molecule has 3 heteroatoms. The van der Waals surface area contributed by atoms with Crippen LogP contribution in [0.1, 0.15) is 0 Å². The molecule has 0 unspecified atom stereocenters. The van der Waals surface area contributed by atoms with E-state index in [1.54, 1.807) is 6.07 Å². The van der Waals surface area contributed by atoms with Crippen LogP contribution < -0.4 is 5.73 Å². The number of hydrogen-bond acceptors (Lipinski definition) is 1. The number of para-hydroxylation sites is 1. The Hall–Kier alpha value is -1.41. The SMILES string of the molecule is Nc1c(Cl)cccc1-c1cc[nH]c1. The smallest absolute Gasteiger partial charge is 0.0641 e. The maximum atomic E-state index is 5.90. The molecule has 0 aliphatic heterocycles. The van der Waals surface area contributed by atoms with Crippen molar-refractivity contribution < 1.29 is 0 Å². The Morgan fingerprint density at radius 1 is 1.23 bits per heavy atom. The third-order valence-electron chi connectivity index (χ3n) is 1.96. The van der Waals surface area contributed by atoms with E-state index in [9.17, 15) is 0 Å². The molecule has 2 aromatic rings. The zero-order valence-corrected chi connectivity index (χ0v) is 7.68. The summed E-state index contributed by atoms with van der Waals surface area (Å²) in [5.41, 5.74) is 8.48. The van der Waals surface area contributed by atoms with Crippen LogP contribution in [0, 0.1) is 0 Å². The predicted octanol–water partition coefficient (Wildman–Crippen LogP) is 2.92. The first kappa shape index (κ1) is 8.20. The summed E-state index contributed by atoms with van der Waals surface area (Å²) in [5.74, 6) is 0. The molecule has 2 nitrogen and oxygen atoms in total. The van der Waals surface area contributed by atoms with E-state index in [1.807, 2.05) is 30.6 Å². The predicted molar refractivity (Wildman–Crippen MR) is 55.7 cm³/mol. The van der Waals surface area contributed by atoms with Gasteiger partial charge < -0.3 is 10.7 Å². The third-order valence-corrected chi connectivity index (χ3v) is 2.29. The first-order valence-corrected chi connectivity index (χ1v) is 4.34. The quantitative estimate of drug-likeness (QED) is 0.671. The molecule has 0 saturated carbocycles. The Balaban J connectivity index is 2.59. The van der Waals surface area contributed by atoms with Crippen molar-refractivity contribution in [3.63, 3.8) is 0 Å². The van der Waals surface area contributed by atoms with Gasteiger partial charge in [-0.3, -0.25) is 0 Å². The Bertz CT molecular complexity index is 407. The summed E-state index contributed by atoms with van der Waals surface area (Å²) < 4.78 is 0. The number of aromatic amines is 1. The molecule has 1 aromatic carbocycles. The average molecular weight is 193 g/mol. The number of benzene rings is 1. The van der Waals surface area contributed by atoms with Crippen molar-refractivity contribution in [1.29, 1.82) is 0 Å². The van der Waals surface area contributed by atoms with Crippen molar-refractivity contribution in [3.8, 4) is 11.1 Å². The van der Waals surface area contributed by atoms with Gasteiger partial charge in [0.25, 0.3) is 0 Å². The second-order valence-corrected chi connectivity index (χ2v) is 3.21. The number of H-pyrrole nitrogens is 1. The first-order chi connectivity index (χ1) is 6.29. The van der Waals surface area contributed by atoms with Gasteiger partial charge in [0.2, 0.25) is 0 Å². The fourth-order valence-corrected chi connectivity index (χ4v) is 1.45. The second-order valence-electron chi connectivity index (χ2n) is 2.80. The number of hydrogen-bond donors (Lipinski definition) is 2. The highest BCUT2D eigenvalue weighted by molar-refractivity contribution is 6.33. The van der Waals surface area contributed by atoms with Crippen LogP contribution >= 0.6 is 11.6 Å². The zero-order chi connectivity index (χ0) is 9.26. The van der Waals surface area contributed by atoms with E-state index in [0.29, 0.717) is 10.7 Å². The van der Waals surface area contributed by atoms with E-state index >= 15 is 0 Å². The molecule has 1 heterocycles. The lowest BCUT2D eigenvalue weighted by Gasteiger charge is -2.04. The van der Waals surface area contributed by atoms with Crippen LogP contribution in [-0.2, 0) is 0 Å². The van der Waals surface area contributed by atoms with Crippen LogP contribution in [0.15, 0.2) is 36.7 Å². The van der Waals surface area contributed by atoms with Gasteiger partial charge in [-0.15, -0.1) is 0 Å². The Morgan fingerprint density at radius 2 is 2.08 bits per heavy atom. The highest BCUT2D eigenvalue weighted by Crippen LogP contribution is 2.30. The molecule has 66 valence electrons. The molecule has 3 N–H and O–H groups in total. The number of rotatable bonds is 1. The Labute approximate surface area is 81.3 Å². The minimum Gasteiger partial charge on any atom is -0.397 e. The summed E-state index contributed by atoms with van der Waals surface area (Å²) in [6.45, 7) is 0. The molecular formula is C10H9ClN2. The van der Waals surface area contributed by atoms with E-state index in [-0.39, 0.29) is 0 Å². The summed E-state index contributed by atoms with van der Waals surface area (Å²) in [6, 6.07) is 7.58. The fraction of sp³-hybridized carbons (Fsp3) is 0. The maximum Gasteiger partial charge on any atom is 0.0641 e. The normalized spacial score (nSPS) is 10.2. The van der Waals surface area contributed by atoms with Gasteiger partial charge in [0, 0.05) is 23.5 Å². The fourth-order valence-electron chi connectivity index (χ4n) is 1.28. The number of halogens is 1. The standard InChI is InChI=1S/C10H9ClN2/c11-9-3-1-2-8(10(9)12)7-4-5-13-6-7/h1-6,13H,12H2.